The number of hydrogen-bond donors (Lipinski definition) is 0. The summed E-state index contributed by atoms with van der Waals surface area (Å²) in [6.45, 7) is 0. The van der Waals surface area contributed by atoms with Gasteiger partial charge in [-0.05, 0) is 49.9 Å². The molecule has 1 heteroatoms. The predicted molar refractivity (Wildman–Crippen MR) is 46.7 cm³/mol. The third-order valence-electron chi connectivity index (χ3n) is 4.18. The Morgan fingerprint density at radius 2 is 1.42 bits per heavy atom. The largest absolute Gasteiger partial charge is 0.299 e. The van der Waals surface area contributed by atoms with Crippen molar-refractivity contribution in [2.24, 2.45) is 23.7 Å². The topological polar surface area (TPSA) is 17.1 Å². The lowest BCUT2D eigenvalue weighted by atomic mass is 9.68. The van der Waals surface area contributed by atoms with Crippen LogP contribution in [0.4, 0.5) is 0 Å². The minimum atomic E-state index is 0.487. The smallest absolute Gasteiger partial charge is 0.136 e. The fraction of sp³-hybridized carbons (Fsp3) is 0.909. The van der Waals surface area contributed by atoms with Gasteiger partial charge in [-0.15, -0.1) is 0 Å². The van der Waals surface area contributed by atoms with E-state index in [-0.39, 0.29) is 0 Å². The number of Topliss-reactive ketones (excluding diaryl/α,β-unsaturated/α-hetero) is 1. The number of hydrogen-bond acceptors (Lipinski definition) is 1. The summed E-state index contributed by atoms with van der Waals surface area (Å²) < 4.78 is 0. The molecule has 4 aliphatic carbocycles. The molecule has 0 amide bonds. The second-order valence-electron chi connectivity index (χ2n) is 5.14. The molecule has 0 N–H and O–H groups in total. The Morgan fingerprint density at radius 3 is 2.08 bits per heavy atom. The minimum Gasteiger partial charge on any atom is -0.299 e. The number of carbonyl (C=O) groups is 1. The molecule has 0 radical (unpaired) electrons. The summed E-state index contributed by atoms with van der Waals surface area (Å²) in [5, 5.41) is 0. The Bertz CT molecular complexity index is 207. The molecular weight excluding hydrogens is 148 g/mol. The van der Waals surface area contributed by atoms with Crippen LogP contribution in [0.2, 0.25) is 0 Å². The number of carbonyl (C=O) groups excluding carboxylic acids is 1. The molecule has 4 aliphatic rings. The van der Waals surface area contributed by atoms with E-state index in [4.69, 9.17) is 0 Å². The molecule has 1 nitrogen and oxygen atoms in total. The fourth-order valence-electron chi connectivity index (χ4n) is 3.87. The van der Waals surface area contributed by atoms with Gasteiger partial charge in [0.2, 0.25) is 0 Å². The lowest BCUT2D eigenvalue weighted by Gasteiger charge is -2.37. The summed E-state index contributed by atoms with van der Waals surface area (Å²) in [4.78, 5) is 11.7. The van der Waals surface area contributed by atoms with E-state index in [9.17, 15) is 4.79 Å². The third-order valence-corrected chi connectivity index (χ3v) is 4.18. The van der Waals surface area contributed by atoms with Crippen LogP contribution in [0.3, 0.4) is 0 Å². The van der Waals surface area contributed by atoms with Crippen LogP contribution in [0, 0.1) is 23.7 Å². The van der Waals surface area contributed by atoms with E-state index < -0.39 is 0 Å². The maximum absolute atomic E-state index is 11.7. The van der Waals surface area contributed by atoms with Gasteiger partial charge in [0.1, 0.15) is 5.78 Å². The summed E-state index contributed by atoms with van der Waals surface area (Å²) in [6, 6.07) is 0. The van der Waals surface area contributed by atoms with E-state index in [2.05, 4.69) is 0 Å². The van der Waals surface area contributed by atoms with Gasteiger partial charge in [0.15, 0.2) is 0 Å². The fourth-order valence-corrected chi connectivity index (χ4v) is 3.87. The molecule has 4 fully saturated rings. The van der Waals surface area contributed by atoms with Gasteiger partial charge in [-0.1, -0.05) is 0 Å². The first kappa shape index (κ1) is 7.11. The van der Waals surface area contributed by atoms with Crippen LogP contribution in [0.1, 0.15) is 38.5 Å². The summed E-state index contributed by atoms with van der Waals surface area (Å²) in [6.07, 6.45) is 7.60. The SMILES string of the molecule is O=C1CC2CC3CC1C[C@@H](C2)C3. The lowest BCUT2D eigenvalue weighted by Crippen LogP contribution is -2.27. The standard InChI is InChI=1S/C11H16O/c12-11-6-9-2-7-1-8(3-9)5-10(11)4-7/h7-10H,1-6H2/t7-,8?,9?,10?/m1/s1. The highest BCUT2D eigenvalue weighted by Gasteiger charge is 2.42. The van der Waals surface area contributed by atoms with Crippen molar-refractivity contribution in [1.29, 1.82) is 0 Å². The maximum atomic E-state index is 11.7. The first-order chi connectivity index (χ1) is 5.81. The van der Waals surface area contributed by atoms with Gasteiger partial charge >= 0.3 is 0 Å². The van der Waals surface area contributed by atoms with E-state index in [0.717, 1.165) is 24.2 Å². The highest BCUT2D eigenvalue weighted by molar-refractivity contribution is 5.82. The van der Waals surface area contributed by atoms with E-state index in [1.54, 1.807) is 0 Å². The molecule has 12 heavy (non-hydrogen) atoms. The van der Waals surface area contributed by atoms with E-state index in [1.165, 1.54) is 32.1 Å². The Balaban J connectivity index is 1.95. The van der Waals surface area contributed by atoms with Crippen molar-refractivity contribution >= 4 is 5.78 Å². The van der Waals surface area contributed by atoms with Gasteiger partial charge < -0.3 is 0 Å². The molecular formula is C11H16O. The van der Waals surface area contributed by atoms with Crippen LogP contribution in [0.25, 0.3) is 0 Å². The molecule has 4 bridgehead atoms. The third kappa shape index (κ3) is 0.949. The molecule has 4 atom stereocenters. The zero-order valence-corrected chi connectivity index (χ0v) is 7.46. The second kappa shape index (κ2) is 2.34. The molecule has 4 rings (SSSR count). The maximum Gasteiger partial charge on any atom is 0.136 e. The van der Waals surface area contributed by atoms with Crippen molar-refractivity contribution in [3.05, 3.63) is 0 Å². The first-order valence-corrected chi connectivity index (χ1v) is 5.34. The normalized spacial score (nSPS) is 51.2. The summed E-state index contributed by atoms with van der Waals surface area (Å²) in [7, 11) is 0. The summed E-state index contributed by atoms with van der Waals surface area (Å²) >= 11 is 0. The number of fused-ring (bicyclic) bond motifs is 1. The average Bonchev–Trinajstić information content (AvgIpc) is 2.16. The Kier molecular flexibility index (Phi) is 1.38. The Hall–Kier alpha value is -0.330. The molecule has 0 aromatic rings. The van der Waals surface area contributed by atoms with Crippen molar-refractivity contribution in [3.8, 4) is 0 Å². The van der Waals surface area contributed by atoms with E-state index >= 15 is 0 Å². The molecule has 4 saturated carbocycles. The highest BCUT2D eigenvalue weighted by atomic mass is 16.1. The minimum absolute atomic E-state index is 0.487. The van der Waals surface area contributed by atoms with Crippen molar-refractivity contribution < 1.29 is 4.79 Å². The quantitative estimate of drug-likeness (QED) is 0.537. The van der Waals surface area contributed by atoms with Gasteiger partial charge in [-0.3, -0.25) is 4.79 Å². The lowest BCUT2D eigenvalue weighted by molar-refractivity contribution is -0.123. The summed E-state index contributed by atoms with van der Waals surface area (Å²) in [5.41, 5.74) is 0. The van der Waals surface area contributed by atoms with E-state index in [1.807, 2.05) is 0 Å². The molecule has 0 aromatic carbocycles. The number of rotatable bonds is 0. The number of ketones is 1. The zero-order chi connectivity index (χ0) is 8.13. The monoisotopic (exact) mass is 164 g/mol. The molecule has 0 saturated heterocycles. The molecule has 0 heterocycles. The van der Waals surface area contributed by atoms with Gasteiger partial charge in [-0.25, -0.2) is 0 Å². The van der Waals surface area contributed by atoms with Crippen LogP contribution in [-0.4, -0.2) is 5.78 Å². The van der Waals surface area contributed by atoms with Crippen LogP contribution >= 0.6 is 0 Å². The molecule has 66 valence electrons. The van der Waals surface area contributed by atoms with Crippen molar-refractivity contribution in [2.75, 3.05) is 0 Å². The van der Waals surface area contributed by atoms with Gasteiger partial charge in [-0.2, -0.15) is 0 Å². The highest BCUT2D eigenvalue weighted by Crippen LogP contribution is 2.49. The predicted octanol–water partition coefficient (Wildman–Crippen LogP) is 2.40. The second-order valence-corrected chi connectivity index (χ2v) is 5.14. The van der Waals surface area contributed by atoms with Gasteiger partial charge in [0.05, 0.1) is 0 Å². The molecule has 0 aliphatic heterocycles. The Morgan fingerprint density at radius 1 is 0.833 bits per heavy atom. The molecule has 0 aromatic heterocycles. The van der Waals surface area contributed by atoms with Gasteiger partial charge in [0, 0.05) is 12.3 Å². The van der Waals surface area contributed by atoms with Crippen LogP contribution in [-0.2, 0) is 4.79 Å². The van der Waals surface area contributed by atoms with Crippen molar-refractivity contribution in [2.45, 2.75) is 38.5 Å². The molecule has 3 unspecified atom stereocenters. The molecule has 0 spiro atoms. The van der Waals surface area contributed by atoms with Crippen molar-refractivity contribution in [3.63, 3.8) is 0 Å². The van der Waals surface area contributed by atoms with E-state index in [0.29, 0.717) is 11.7 Å². The average molecular weight is 164 g/mol. The van der Waals surface area contributed by atoms with Crippen molar-refractivity contribution in [1.82, 2.24) is 0 Å². The zero-order valence-electron chi connectivity index (χ0n) is 7.46. The first-order valence-electron chi connectivity index (χ1n) is 5.34. The van der Waals surface area contributed by atoms with Crippen LogP contribution < -0.4 is 0 Å². The van der Waals surface area contributed by atoms with Gasteiger partial charge in [0.25, 0.3) is 0 Å². The summed E-state index contributed by atoms with van der Waals surface area (Å²) in [5.74, 6) is 3.73. The van der Waals surface area contributed by atoms with Crippen LogP contribution in [0.5, 0.6) is 0 Å². The van der Waals surface area contributed by atoms with Crippen LogP contribution in [0.15, 0.2) is 0 Å². The Labute approximate surface area is 73.5 Å².